The molecule has 1 fully saturated rings. The third-order valence-corrected chi connectivity index (χ3v) is 6.86. The molecule has 1 aromatic heterocycles. The van der Waals surface area contributed by atoms with Crippen LogP contribution in [0, 0.1) is 11.7 Å². The summed E-state index contributed by atoms with van der Waals surface area (Å²) in [5, 5.41) is 9.69. The Labute approximate surface area is 175 Å². The van der Waals surface area contributed by atoms with Crippen LogP contribution < -0.4 is 5.32 Å². The van der Waals surface area contributed by atoms with Crippen molar-refractivity contribution in [3.63, 3.8) is 0 Å². The zero-order valence-corrected chi connectivity index (χ0v) is 17.9. The molecule has 1 aliphatic rings. The highest BCUT2D eigenvalue weighted by Crippen LogP contribution is 2.18. The topological polar surface area (TPSA) is 109 Å². The molecule has 0 aliphatic carbocycles. The molecule has 29 heavy (non-hydrogen) atoms. The molecule has 0 unspecified atom stereocenters. The number of rotatable bonds is 8. The van der Waals surface area contributed by atoms with Crippen LogP contribution in [0.5, 0.6) is 0 Å². The molecule has 0 bridgehead atoms. The lowest BCUT2D eigenvalue weighted by atomic mass is 10.1. The number of aromatic amines is 1. The van der Waals surface area contributed by atoms with Crippen molar-refractivity contribution in [2.45, 2.75) is 19.9 Å². The van der Waals surface area contributed by atoms with E-state index in [1.165, 1.54) is 4.31 Å². The van der Waals surface area contributed by atoms with Crippen LogP contribution in [0.2, 0.25) is 0 Å². The van der Waals surface area contributed by atoms with Crippen molar-refractivity contribution in [2.75, 3.05) is 38.6 Å². The smallest absolute Gasteiger partial charge is 0.221 e. The van der Waals surface area contributed by atoms with E-state index in [0.717, 1.165) is 11.1 Å². The molecule has 1 aromatic carbocycles. The molecule has 0 saturated carbocycles. The summed E-state index contributed by atoms with van der Waals surface area (Å²) in [6.07, 6.45) is 0.171. The van der Waals surface area contributed by atoms with Crippen molar-refractivity contribution in [1.82, 2.24) is 24.4 Å². The van der Waals surface area contributed by atoms with Gasteiger partial charge in [-0.15, -0.1) is 0 Å². The largest absolute Gasteiger partial charge is 0.379 e. The summed E-state index contributed by atoms with van der Waals surface area (Å²) >= 11 is 5.28. The fourth-order valence-electron chi connectivity index (χ4n) is 3.02. The van der Waals surface area contributed by atoms with Crippen molar-refractivity contribution in [1.29, 1.82) is 0 Å². The van der Waals surface area contributed by atoms with Gasteiger partial charge in [-0.3, -0.25) is 14.5 Å². The fourth-order valence-corrected chi connectivity index (χ4v) is 4.57. The maximum atomic E-state index is 12.3. The maximum absolute atomic E-state index is 12.3. The molecule has 0 atom stereocenters. The molecule has 0 radical (unpaired) electrons. The van der Waals surface area contributed by atoms with Crippen LogP contribution in [-0.4, -0.2) is 72.0 Å². The van der Waals surface area contributed by atoms with Gasteiger partial charge in [0.15, 0.2) is 10.6 Å². The zero-order chi connectivity index (χ0) is 20.9. The molecule has 11 heteroatoms. The number of carbonyl (C=O) groups is 1. The van der Waals surface area contributed by atoms with Crippen molar-refractivity contribution >= 4 is 28.1 Å². The number of hydrogen-bond acceptors (Lipinski definition) is 6. The third kappa shape index (κ3) is 5.72. The molecule has 9 nitrogen and oxygen atoms in total. The summed E-state index contributed by atoms with van der Waals surface area (Å²) < 4.78 is 33.3. The predicted molar refractivity (Wildman–Crippen MR) is 111 cm³/mol. The average molecular weight is 440 g/mol. The second kappa shape index (κ2) is 9.61. The van der Waals surface area contributed by atoms with E-state index >= 15 is 0 Å². The van der Waals surface area contributed by atoms with Gasteiger partial charge < -0.3 is 10.1 Å². The maximum Gasteiger partial charge on any atom is 0.221 e. The average Bonchev–Trinajstić information content (AvgIpc) is 3.08. The molecule has 2 aromatic rings. The minimum absolute atomic E-state index is 0.0696. The standard InChI is InChI=1S/C18H25N5O4S2/c1-14-2-4-15(5-3-14)17-20-21-18(28)23(17)8-6-16(24)19-7-13-29(25,26)22-9-11-27-12-10-22/h2-5H,6-13H2,1H3,(H,19,24)(H,21,28). The van der Waals surface area contributed by atoms with Crippen molar-refractivity contribution in [3.05, 3.63) is 34.6 Å². The highest BCUT2D eigenvalue weighted by molar-refractivity contribution is 7.89. The lowest BCUT2D eigenvalue weighted by molar-refractivity contribution is -0.121. The number of ether oxygens (including phenoxy) is 1. The van der Waals surface area contributed by atoms with Crippen LogP contribution in [0.1, 0.15) is 12.0 Å². The monoisotopic (exact) mass is 439 g/mol. The van der Waals surface area contributed by atoms with Gasteiger partial charge in [-0.25, -0.2) is 8.42 Å². The van der Waals surface area contributed by atoms with Gasteiger partial charge >= 0.3 is 0 Å². The number of hydrogen-bond donors (Lipinski definition) is 2. The first-order valence-corrected chi connectivity index (χ1v) is 11.4. The highest BCUT2D eigenvalue weighted by atomic mass is 32.2. The van der Waals surface area contributed by atoms with Crippen LogP contribution in [0.15, 0.2) is 24.3 Å². The fraction of sp³-hybridized carbons (Fsp3) is 0.500. The van der Waals surface area contributed by atoms with E-state index in [0.29, 0.717) is 43.4 Å². The lowest BCUT2D eigenvalue weighted by Crippen LogP contribution is -2.43. The molecule has 0 spiro atoms. The summed E-state index contributed by atoms with van der Waals surface area (Å²) in [5.41, 5.74) is 2.04. The first-order chi connectivity index (χ1) is 13.9. The second-order valence-electron chi connectivity index (χ2n) is 6.80. The van der Waals surface area contributed by atoms with E-state index in [1.807, 2.05) is 31.2 Å². The highest BCUT2D eigenvalue weighted by Gasteiger charge is 2.24. The van der Waals surface area contributed by atoms with E-state index in [4.69, 9.17) is 17.0 Å². The van der Waals surface area contributed by atoms with E-state index in [-0.39, 0.29) is 24.6 Å². The molecule has 158 valence electrons. The molecular formula is C18H25N5O4S2. The zero-order valence-electron chi connectivity index (χ0n) is 16.3. The van der Waals surface area contributed by atoms with Gasteiger partial charge in [0.2, 0.25) is 15.9 Å². The third-order valence-electron chi connectivity index (χ3n) is 4.68. The number of amides is 1. The second-order valence-corrected chi connectivity index (χ2v) is 9.27. The number of morpholine rings is 1. The Balaban J connectivity index is 1.52. The van der Waals surface area contributed by atoms with Crippen LogP contribution in [0.4, 0.5) is 0 Å². The van der Waals surface area contributed by atoms with Gasteiger partial charge in [0.05, 0.1) is 19.0 Å². The first kappa shape index (κ1) is 21.6. The Kier molecular flexibility index (Phi) is 7.17. The molecule has 2 heterocycles. The number of aromatic nitrogens is 3. The van der Waals surface area contributed by atoms with Crippen LogP contribution in [0.3, 0.4) is 0 Å². The number of carbonyl (C=O) groups excluding carboxylic acids is 1. The van der Waals surface area contributed by atoms with Crippen LogP contribution in [-0.2, 0) is 26.1 Å². The minimum Gasteiger partial charge on any atom is -0.379 e. The van der Waals surface area contributed by atoms with Gasteiger partial charge in [-0.1, -0.05) is 29.8 Å². The predicted octanol–water partition coefficient (Wildman–Crippen LogP) is 1.08. The number of benzene rings is 1. The molecular weight excluding hydrogens is 414 g/mol. The normalized spacial score (nSPS) is 15.3. The number of nitrogens with zero attached hydrogens (tertiary/aromatic N) is 3. The van der Waals surface area contributed by atoms with Crippen molar-refractivity contribution < 1.29 is 17.9 Å². The van der Waals surface area contributed by atoms with E-state index in [2.05, 4.69) is 15.5 Å². The van der Waals surface area contributed by atoms with Gasteiger partial charge in [0.25, 0.3) is 0 Å². The van der Waals surface area contributed by atoms with Gasteiger partial charge in [-0.2, -0.15) is 9.40 Å². The summed E-state index contributed by atoms with van der Waals surface area (Å²) in [4.78, 5) is 12.2. The summed E-state index contributed by atoms with van der Waals surface area (Å²) in [5.74, 6) is 0.302. The van der Waals surface area contributed by atoms with Crippen molar-refractivity contribution in [2.24, 2.45) is 0 Å². The lowest BCUT2D eigenvalue weighted by Gasteiger charge is -2.26. The number of aryl methyl sites for hydroxylation is 1. The molecule has 2 N–H and O–H groups in total. The Hall–Kier alpha value is -2.08. The number of nitrogens with one attached hydrogen (secondary N) is 2. The molecule has 1 saturated heterocycles. The van der Waals surface area contributed by atoms with Gasteiger partial charge in [-0.05, 0) is 19.1 Å². The van der Waals surface area contributed by atoms with Crippen molar-refractivity contribution in [3.8, 4) is 11.4 Å². The van der Waals surface area contributed by atoms with E-state index in [1.54, 1.807) is 4.57 Å². The molecule has 3 rings (SSSR count). The van der Waals surface area contributed by atoms with Crippen LogP contribution in [0.25, 0.3) is 11.4 Å². The Morgan fingerprint density at radius 2 is 1.97 bits per heavy atom. The Morgan fingerprint density at radius 3 is 2.66 bits per heavy atom. The number of sulfonamides is 1. The SMILES string of the molecule is Cc1ccc(-c2n[nH]c(=S)n2CCC(=O)NCCS(=O)(=O)N2CCOCC2)cc1. The Morgan fingerprint density at radius 1 is 1.28 bits per heavy atom. The Bertz CT molecular complexity index is 992. The summed E-state index contributed by atoms with van der Waals surface area (Å²) in [7, 11) is -3.39. The minimum atomic E-state index is -3.39. The van der Waals surface area contributed by atoms with Gasteiger partial charge in [0.1, 0.15) is 0 Å². The molecule has 1 aliphatic heterocycles. The number of H-pyrrole nitrogens is 1. The summed E-state index contributed by atoms with van der Waals surface area (Å²) in [6.45, 7) is 3.94. The first-order valence-electron chi connectivity index (χ1n) is 9.41. The van der Waals surface area contributed by atoms with Crippen LogP contribution >= 0.6 is 12.2 Å². The van der Waals surface area contributed by atoms with E-state index < -0.39 is 10.0 Å². The van der Waals surface area contributed by atoms with E-state index in [9.17, 15) is 13.2 Å². The van der Waals surface area contributed by atoms with Gasteiger partial charge in [0, 0.05) is 38.2 Å². The summed E-state index contributed by atoms with van der Waals surface area (Å²) in [6, 6.07) is 7.87. The quantitative estimate of drug-likeness (QED) is 0.596. The molecule has 1 amide bonds.